The molecular formula is C18H17N. The highest BCUT2D eigenvalue weighted by atomic mass is 15.0. The summed E-state index contributed by atoms with van der Waals surface area (Å²) in [6, 6.07) is 23.5. The molecule has 0 atom stereocenters. The predicted molar refractivity (Wildman–Crippen MR) is 80.7 cm³/mol. The molecule has 0 radical (unpaired) electrons. The molecule has 0 N–H and O–H groups in total. The number of nitrogens with zero attached hydrogens (tertiary/aromatic N) is 1. The third-order valence-electron chi connectivity index (χ3n) is 3.44. The van der Waals surface area contributed by atoms with Gasteiger partial charge >= 0.3 is 0 Å². The van der Waals surface area contributed by atoms with E-state index in [0.29, 0.717) is 0 Å². The first-order chi connectivity index (χ1) is 9.25. The van der Waals surface area contributed by atoms with Crippen LogP contribution in [0.15, 0.2) is 66.7 Å². The summed E-state index contributed by atoms with van der Waals surface area (Å²) >= 11 is 0. The lowest BCUT2D eigenvalue weighted by Gasteiger charge is -2.12. The Balaban J connectivity index is 2.17. The topological polar surface area (TPSA) is 4.93 Å². The molecule has 0 fully saturated rings. The van der Waals surface area contributed by atoms with E-state index in [4.69, 9.17) is 0 Å². The number of benzene rings is 2. The van der Waals surface area contributed by atoms with Crippen LogP contribution in [-0.4, -0.2) is 4.57 Å². The molecule has 0 aliphatic heterocycles. The van der Waals surface area contributed by atoms with Crippen LogP contribution < -0.4 is 0 Å². The summed E-state index contributed by atoms with van der Waals surface area (Å²) < 4.78 is 2.30. The Kier molecular flexibility index (Phi) is 2.96. The lowest BCUT2D eigenvalue weighted by molar-refractivity contribution is 1.02. The fourth-order valence-corrected chi connectivity index (χ4v) is 2.41. The summed E-state index contributed by atoms with van der Waals surface area (Å²) in [6.45, 7) is 4.26. The van der Waals surface area contributed by atoms with Crippen LogP contribution in [0.1, 0.15) is 11.3 Å². The van der Waals surface area contributed by atoms with Crippen LogP contribution in [0.5, 0.6) is 0 Å². The average Bonchev–Trinajstić information content (AvgIpc) is 2.83. The smallest absolute Gasteiger partial charge is 0.0531 e. The molecule has 94 valence electrons. The standard InChI is InChI=1S/C18H17N/c1-14-8-11-17(12-9-14)19-15(2)10-13-18(19)16-6-4-3-5-7-16/h3-13H,1-2H3. The highest BCUT2D eigenvalue weighted by Crippen LogP contribution is 2.26. The van der Waals surface area contributed by atoms with Crippen molar-refractivity contribution in [3.05, 3.63) is 78.0 Å². The van der Waals surface area contributed by atoms with E-state index in [1.807, 2.05) is 0 Å². The third kappa shape index (κ3) is 2.19. The van der Waals surface area contributed by atoms with Crippen molar-refractivity contribution < 1.29 is 0 Å². The number of aromatic nitrogens is 1. The first-order valence-electron chi connectivity index (χ1n) is 6.56. The highest BCUT2D eigenvalue weighted by molar-refractivity contribution is 5.64. The Hall–Kier alpha value is -2.28. The molecule has 1 heteroatoms. The van der Waals surface area contributed by atoms with Crippen molar-refractivity contribution in [3.63, 3.8) is 0 Å². The van der Waals surface area contributed by atoms with E-state index in [1.165, 1.54) is 28.2 Å². The van der Waals surface area contributed by atoms with Crippen LogP contribution >= 0.6 is 0 Å². The quantitative estimate of drug-likeness (QED) is 0.615. The fourth-order valence-electron chi connectivity index (χ4n) is 2.41. The van der Waals surface area contributed by atoms with Crippen molar-refractivity contribution in [3.8, 4) is 16.9 Å². The summed E-state index contributed by atoms with van der Waals surface area (Å²) in [5.41, 5.74) is 6.24. The molecular weight excluding hydrogens is 230 g/mol. The zero-order valence-corrected chi connectivity index (χ0v) is 11.3. The monoisotopic (exact) mass is 247 g/mol. The molecule has 1 heterocycles. The third-order valence-corrected chi connectivity index (χ3v) is 3.44. The Morgan fingerprint density at radius 2 is 1.37 bits per heavy atom. The van der Waals surface area contributed by atoms with Gasteiger partial charge in [-0.1, -0.05) is 48.0 Å². The molecule has 3 rings (SSSR count). The van der Waals surface area contributed by atoms with Gasteiger partial charge in [0.15, 0.2) is 0 Å². The second kappa shape index (κ2) is 4.77. The van der Waals surface area contributed by atoms with Gasteiger partial charge in [-0.05, 0) is 43.7 Å². The van der Waals surface area contributed by atoms with E-state index in [2.05, 4.69) is 85.1 Å². The fraction of sp³-hybridized carbons (Fsp3) is 0.111. The largest absolute Gasteiger partial charge is 0.314 e. The van der Waals surface area contributed by atoms with Gasteiger partial charge in [-0.15, -0.1) is 0 Å². The van der Waals surface area contributed by atoms with Gasteiger partial charge in [0.05, 0.1) is 5.69 Å². The molecule has 2 aromatic carbocycles. The predicted octanol–water partition coefficient (Wildman–Crippen LogP) is 4.76. The minimum absolute atomic E-state index is 1.21. The normalized spacial score (nSPS) is 10.6. The Labute approximate surface area is 114 Å². The lowest BCUT2D eigenvalue weighted by atomic mass is 10.1. The number of hydrogen-bond donors (Lipinski definition) is 0. The molecule has 3 aromatic rings. The Morgan fingerprint density at radius 3 is 2.05 bits per heavy atom. The van der Waals surface area contributed by atoms with Crippen molar-refractivity contribution >= 4 is 0 Å². The van der Waals surface area contributed by atoms with Crippen molar-refractivity contribution in [1.82, 2.24) is 4.57 Å². The average molecular weight is 247 g/mol. The summed E-state index contributed by atoms with van der Waals surface area (Å²) in [5.74, 6) is 0. The SMILES string of the molecule is Cc1ccc(-n2c(C)ccc2-c2ccccc2)cc1. The molecule has 0 saturated heterocycles. The maximum absolute atomic E-state index is 2.30. The maximum atomic E-state index is 2.30. The zero-order chi connectivity index (χ0) is 13.2. The van der Waals surface area contributed by atoms with E-state index in [1.54, 1.807) is 0 Å². The molecule has 0 aliphatic carbocycles. The molecule has 1 nitrogen and oxygen atoms in total. The van der Waals surface area contributed by atoms with Crippen molar-refractivity contribution in [2.75, 3.05) is 0 Å². The summed E-state index contributed by atoms with van der Waals surface area (Å²) in [4.78, 5) is 0. The first kappa shape index (κ1) is 11.8. The van der Waals surface area contributed by atoms with Gasteiger partial charge in [-0.2, -0.15) is 0 Å². The van der Waals surface area contributed by atoms with E-state index in [9.17, 15) is 0 Å². The molecule has 0 amide bonds. The summed E-state index contributed by atoms with van der Waals surface area (Å²) in [7, 11) is 0. The molecule has 19 heavy (non-hydrogen) atoms. The van der Waals surface area contributed by atoms with Gasteiger partial charge in [0.2, 0.25) is 0 Å². The number of hydrogen-bond acceptors (Lipinski definition) is 0. The Bertz CT molecular complexity index is 675. The zero-order valence-electron chi connectivity index (χ0n) is 11.3. The summed E-state index contributed by atoms with van der Waals surface area (Å²) in [5, 5.41) is 0. The number of rotatable bonds is 2. The molecule has 1 aromatic heterocycles. The minimum Gasteiger partial charge on any atom is -0.314 e. The van der Waals surface area contributed by atoms with Gasteiger partial charge in [-0.3, -0.25) is 0 Å². The van der Waals surface area contributed by atoms with Crippen molar-refractivity contribution in [2.45, 2.75) is 13.8 Å². The van der Waals surface area contributed by atoms with E-state index in [0.717, 1.165) is 0 Å². The van der Waals surface area contributed by atoms with E-state index < -0.39 is 0 Å². The van der Waals surface area contributed by atoms with E-state index >= 15 is 0 Å². The van der Waals surface area contributed by atoms with Gasteiger partial charge in [0.1, 0.15) is 0 Å². The van der Waals surface area contributed by atoms with Crippen molar-refractivity contribution in [2.24, 2.45) is 0 Å². The molecule has 0 saturated carbocycles. The second-order valence-electron chi connectivity index (χ2n) is 4.90. The molecule has 0 aliphatic rings. The van der Waals surface area contributed by atoms with Crippen LogP contribution in [0.4, 0.5) is 0 Å². The first-order valence-corrected chi connectivity index (χ1v) is 6.56. The maximum Gasteiger partial charge on any atom is 0.0531 e. The van der Waals surface area contributed by atoms with Crippen LogP contribution in [0, 0.1) is 13.8 Å². The highest BCUT2D eigenvalue weighted by Gasteiger charge is 2.08. The molecule has 0 bridgehead atoms. The van der Waals surface area contributed by atoms with Crippen LogP contribution in [0.2, 0.25) is 0 Å². The second-order valence-corrected chi connectivity index (χ2v) is 4.90. The summed E-state index contributed by atoms with van der Waals surface area (Å²) in [6.07, 6.45) is 0. The van der Waals surface area contributed by atoms with E-state index in [-0.39, 0.29) is 0 Å². The van der Waals surface area contributed by atoms with Crippen LogP contribution in [0.25, 0.3) is 16.9 Å². The minimum atomic E-state index is 1.21. The van der Waals surface area contributed by atoms with Crippen LogP contribution in [0.3, 0.4) is 0 Å². The van der Waals surface area contributed by atoms with Gasteiger partial charge < -0.3 is 4.57 Å². The van der Waals surface area contributed by atoms with Gasteiger partial charge in [0.25, 0.3) is 0 Å². The number of aryl methyl sites for hydroxylation is 2. The Morgan fingerprint density at radius 1 is 0.684 bits per heavy atom. The lowest BCUT2D eigenvalue weighted by Crippen LogP contribution is -1.98. The van der Waals surface area contributed by atoms with Gasteiger partial charge in [-0.25, -0.2) is 0 Å². The molecule has 0 unspecified atom stereocenters. The van der Waals surface area contributed by atoms with Crippen LogP contribution in [-0.2, 0) is 0 Å². The molecule has 0 spiro atoms. The van der Waals surface area contributed by atoms with Crippen molar-refractivity contribution in [1.29, 1.82) is 0 Å². The van der Waals surface area contributed by atoms with Gasteiger partial charge in [0, 0.05) is 11.4 Å².